The van der Waals surface area contributed by atoms with E-state index in [2.05, 4.69) is 24.5 Å². The number of allylic oxidation sites excluding steroid dienone is 1. The van der Waals surface area contributed by atoms with Crippen LogP contribution in [0.15, 0.2) is 12.3 Å². The van der Waals surface area contributed by atoms with Gasteiger partial charge in [-0.2, -0.15) is 0 Å². The van der Waals surface area contributed by atoms with Crippen LogP contribution in [0.1, 0.15) is 116 Å². The Hall–Kier alpha value is -0.500. The summed E-state index contributed by atoms with van der Waals surface area (Å²) in [6.45, 7) is 3.70. The van der Waals surface area contributed by atoms with E-state index < -0.39 is 0 Å². The van der Waals surface area contributed by atoms with Crippen LogP contribution < -0.4 is 5.32 Å². The first-order valence-corrected chi connectivity index (χ1v) is 10.9. The number of unbranched alkanes of at least 4 members (excludes halogenated alkanes) is 15. The molecule has 0 saturated heterocycles. The van der Waals surface area contributed by atoms with Gasteiger partial charge in [-0.1, -0.05) is 96.5 Å². The lowest BCUT2D eigenvalue weighted by molar-refractivity contribution is 0.282. The predicted octanol–water partition coefficient (Wildman–Crippen LogP) is 6.73. The van der Waals surface area contributed by atoms with Crippen LogP contribution >= 0.6 is 0 Å². The molecular formula is C22H45NO. The van der Waals surface area contributed by atoms with E-state index in [9.17, 15) is 0 Å². The molecule has 2 N–H and O–H groups in total. The summed E-state index contributed by atoms with van der Waals surface area (Å²) in [7, 11) is 0. The quantitative estimate of drug-likeness (QED) is 0.241. The van der Waals surface area contributed by atoms with Crippen molar-refractivity contribution in [2.24, 2.45) is 0 Å². The standard InChI is InChI=1S/C22H45NO/c1-2-3-4-5-6-7-8-9-10-11-12-13-14-17-20-23-21-18-15-16-19-22-24/h17,20,23-24H,2-16,18-19,21-22H2,1H3. The number of aliphatic hydroxyl groups is 1. The van der Waals surface area contributed by atoms with Gasteiger partial charge in [-0.25, -0.2) is 0 Å². The van der Waals surface area contributed by atoms with E-state index in [-0.39, 0.29) is 0 Å². The van der Waals surface area contributed by atoms with Crippen LogP contribution in [0, 0.1) is 0 Å². The SMILES string of the molecule is CCCCCCCCCCCCCCC=CNCCCCCCO. The molecule has 0 heterocycles. The Morgan fingerprint density at radius 1 is 0.625 bits per heavy atom. The molecule has 0 aliphatic heterocycles. The molecule has 0 aromatic heterocycles. The van der Waals surface area contributed by atoms with Crippen molar-refractivity contribution in [3.05, 3.63) is 12.3 Å². The minimum Gasteiger partial charge on any atom is -0.396 e. The van der Waals surface area contributed by atoms with E-state index >= 15 is 0 Å². The van der Waals surface area contributed by atoms with Gasteiger partial charge in [0.05, 0.1) is 0 Å². The van der Waals surface area contributed by atoms with Crippen molar-refractivity contribution in [2.45, 2.75) is 116 Å². The van der Waals surface area contributed by atoms with Crippen LogP contribution in [0.2, 0.25) is 0 Å². The van der Waals surface area contributed by atoms with Crippen molar-refractivity contribution in [1.29, 1.82) is 0 Å². The Labute approximate surface area is 152 Å². The van der Waals surface area contributed by atoms with Crippen molar-refractivity contribution in [3.63, 3.8) is 0 Å². The van der Waals surface area contributed by atoms with Crippen LogP contribution in [0.3, 0.4) is 0 Å². The normalized spacial score (nSPS) is 11.4. The molecule has 0 aliphatic rings. The van der Waals surface area contributed by atoms with E-state index in [1.54, 1.807) is 0 Å². The molecule has 0 fully saturated rings. The van der Waals surface area contributed by atoms with Crippen LogP contribution in [0.4, 0.5) is 0 Å². The third-order valence-electron chi connectivity index (χ3n) is 4.69. The topological polar surface area (TPSA) is 32.3 Å². The van der Waals surface area contributed by atoms with Crippen molar-refractivity contribution in [2.75, 3.05) is 13.2 Å². The summed E-state index contributed by atoms with van der Waals surface area (Å²) in [5.41, 5.74) is 0. The molecule has 0 amide bonds. The Kier molecular flexibility index (Phi) is 22.0. The maximum absolute atomic E-state index is 8.69. The molecule has 0 spiro atoms. The zero-order valence-corrected chi connectivity index (χ0v) is 16.5. The lowest BCUT2D eigenvalue weighted by atomic mass is 10.0. The number of rotatable bonds is 20. The molecule has 0 saturated carbocycles. The van der Waals surface area contributed by atoms with E-state index in [0.717, 1.165) is 19.4 Å². The molecule has 0 rings (SSSR count). The highest BCUT2D eigenvalue weighted by Crippen LogP contribution is 2.12. The van der Waals surface area contributed by atoms with Gasteiger partial charge in [0.2, 0.25) is 0 Å². The second kappa shape index (κ2) is 22.5. The van der Waals surface area contributed by atoms with E-state index in [1.165, 1.54) is 96.3 Å². The monoisotopic (exact) mass is 339 g/mol. The van der Waals surface area contributed by atoms with Gasteiger partial charge in [0.1, 0.15) is 0 Å². The van der Waals surface area contributed by atoms with Crippen LogP contribution in [0.5, 0.6) is 0 Å². The lowest BCUT2D eigenvalue weighted by Gasteiger charge is -2.02. The average Bonchev–Trinajstić information content (AvgIpc) is 2.60. The molecule has 0 radical (unpaired) electrons. The fraction of sp³-hybridized carbons (Fsp3) is 0.909. The van der Waals surface area contributed by atoms with Gasteiger partial charge in [0.15, 0.2) is 0 Å². The van der Waals surface area contributed by atoms with Gasteiger partial charge in [0.25, 0.3) is 0 Å². The lowest BCUT2D eigenvalue weighted by Crippen LogP contribution is -2.06. The number of hydrogen-bond donors (Lipinski definition) is 2. The maximum Gasteiger partial charge on any atom is 0.0431 e. The summed E-state index contributed by atoms with van der Waals surface area (Å²) in [4.78, 5) is 0. The highest BCUT2D eigenvalue weighted by molar-refractivity contribution is 4.79. The predicted molar refractivity (Wildman–Crippen MR) is 108 cm³/mol. The molecule has 0 unspecified atom stereocenters. The smallest absolute Gasteiger partial charge is 0.0431 e. The van der Waals surface area contributed by atoms with E-state index in [0.29, 0.717) is 6.61 Å². The van der Waals surface area contributed by atoms with Crippen LogP contribution in [-0.4, -0.2) is 18.3 Å². The van der Waals surface area contributed by atoms with Crippen molar-refractivity contribution < 1.29 is 5.11 Å². The fourth-order valence-corrected chi connectivity index (χ4v) is 3.05. The molecule has 144 valence electrons. The van der Waals surface area contributed by atoms with Gasteiger partial charge in [-0.05, 0) is 31.9 Å². The molecule has 0 bridgehead atoms. The summed E-state index contributed by atoms with van der Waals surface area (Å²) in [6.07, 6.45) is 27.3. The van der Waals surface area contributed by atoms with E-state index in [1.807, 2.05) is 0 Å². The summed E-state index contributed by atoms with van der Waals surface area (Å²) in [5.74, 6) is 0. The largest absolute Gasteiger partial charge is 0.396 e. The summed E-state index contributed by atoms with van der Waals surface area (Å²) < 4.78 is 0. The maximum atomic E-state index is 8.69. The first-order chi connectivity index (χ1) is 11.9. The summed E-state index contributed by atoms with van der Waals surface area (Å²) in [6, 6.07) is 0. The Morgan fingerprint density at radius 2 is 1.12 bits per heavy atom. The Morgan fingerprint density at radius 3 is 1.71 bits per heavy atom. The van der Waals surface area contributed by atoms with Crippen molar-refractivity contribution in [1.82, 2.24) is 5.32 Å². The minimum absolute atomic E-state index is 0.340. The Bertz CT molecular complexity index is 240. The minimum atomic E-state index is 0.340. The molecule has 2 nitrogen and oxygen atoms in total. The third-order valence-corrected chi connectivity index (χ3v) is 4.69. The molecule has 24 heavy (non-hydrogen) atoms. The second-order valence-corrected chi connectivity index (χ2v) is 7.17. The van der Waals surface area contributed by atoms with Gasteiger partial charge < -0.3 is 10.4 Å². The highest BCUT2D eigenvalue weighted by atomic mass is 16.2. The first kappa shape index (κ1) is 23.5. The summed E-state index contributed by atoms with van der Waals surface area (Å²) in [5, 5.41) is 12.1. The van der Waals surface area contributed by atoms with Crippen molar-refractivity contribution >= 4 is 0 Å². The number of nitrogens with one attached hydrogen (secondary N) is 1. The zero-order chi connectivity index (χ0) is 17.6. The van der Waals surface area contributed by atoms with Gasteiger partial charge in [-0.15, -0.1) is 0 Å². The Balaban J connectivity index is 3.03. The molecule has 2 heteroatoms. The van der Waals surface area contributed by atoms with Gasteiger partial charge >= 0.3 is 0 Å². The van der Waals surface area contributed by atoms with Gasteiger partial charge in [-0.3, -0.25) is 0 Å². The number of aliphatic hydroxyl groups excluding tert-OH is 1. The van der Waals surface area contributed by atoms with E-state index in [4.69, 9.17) is 5.11 Å². The molecular weight excluding hydrogens is 294 g/mol. The molecule has 0 atom stereocenters. The summed E-state index contributed by atoms with van der Waals surface area (Å²) >= 11 is 0. The third kappa shape index (κ3) is 21.5. The highest BCUT2D eigenvalue weighted by Gasteiger charge is 1.93. The van der Waals surface area contributed by atoms with Gasteiger partial charge in [0, 0.05) is 13.2 Å². The number of hydrogen-bond acceptors (Lipinski definition) is 2. The first-order valence-electron chi connectivity index (χ1n) is 10.9. The molecule has 0 aromatic rings. The molecule has 0 aromatic carbocycles. The zero-order valence-electron chi connectivity index (χ0n) is 16.5. The molecule has 0 aliphatic carbocycles. The van der Waals surface area contributed by atoms with Crippen LogP contribution in [-0.2, 0) is 0 Å². The average molecular weight is 340 g/mol. The second-order valence-electron chi connectivity index (χ2n) is 7.17. The van der Waals surface area contributed by atoms with Crippen molar-refractivity contribution in [3.8, 4) is 0 Å². The van der Waals surface area contributed by atoms with Crippen LogP contribution in [0.25, 0.3) is 0 Å². The fourth-order valence-electron chi connectivity index (χ4n) is 3.05.